The summed E-state index contributed by atoms with van der Waals surface area (Å²) in [5.74, 6) is 0.888. The van der Waals surface area contributed by atoms with Gasteiger partial charge in [-0.05, 0) is 38.5 Å². The van der Waals surface area contributed by atoms with E-state index in [9.17, 15) is 0 Å². The number of hydrogen-bond donors (Lipinski definition) is 1. The zero-order valence-electron chi connectivity index (χ0n) is 11.4. The highest BCUT2D eigenvalue weighted by atomic mass is 16.5. The maximum atomic E-state index is 6.34. The molecule has 3 nitrogen and oxygen atoms in total. The molecule has 2 aliphatic rings. The van der Waals surface area contributed by atoms with Crippen LogP contribution in [0.1, 0.15) is 46.0 Å². The number of hydrogen-bond acceptors (Lipinski definition) is 3. The lowest BCUT2D eigenvalue weighted by atomic mass is 9.80. The van der Waals surface area contributed by atoms with Crippen LogP contribution in [0.25, 0.3) is 0 Å². The van der Waals surface area contributed by atoms with Crippen molar-refractivity contribution in [2.75, 3.05) is 19.7 Å². The van der Waals surface area contributed by atoms with Crippen LogP contribution in [0.15, 0.2) is 0 Å². The van der Waals surface area contributed by atoms with Crippen molar-refractivity contribution in [3.8, 4) is 0 Å². The number of nitrogens with zero attached hydrogens (tertiary/aromatic N) is 1. The third-order valence-electron chi connectivity index (χ3n) is 4.51. The van der Waals surface area contributed by atoms with Crippen LogP contribution in [0, 0.1) is 5.92 Å². The summed E-state index contributed by atoms with van der Waals surface area (Å²) in [5, 5.41) is 0. The molecule has 1 aliphatic carbocycles. The van der Waals surface area contributed by atoms with E-state index in [-0.39, 0.29) is 0 Å². The molecule has 1 saturated heterocycles. The van der Waals surface area contributed by atoms with E-state index in [1.54, 1.807) is 0 Å². The molecule has 2 N–H and O–H groups in total. The van der Waals surface area contributed by atoms with E-state index >= 15 is 0 Å². The topological polar surface area (TPSA) is 38.5 Å². The van der Waals surface area contributed by atoms with Gasteiger partial charge in [0.05, 0.1) is 6.10 Å². The fraction of sp³-hybridized carbons (Fsp3) is 1.00. The molecule has 0 aromatic carbocycles. The second kappa shape index (κ2) is 6.17. The van der Waals surface area contributed by atoms with Crippen LogP contribution in [0.4, 0.5) is 0 Å². The Kier molecular flexibility index (Phi) is 4.83. The number of nitrogens with two attached hydrogens (primary N) is 1. The summed E-state index contributed by atoms with van der Waals surface area (Å²) in [5.41, 5.74) is 6.34. The number of rotatable bonds is 2. The predicted octanol–water partition coefficient (Wildman–Crippen LogP) is 2.00. The highest BCUT2D eigenvalue weighted by Gasteiger charge is 2.32. The summed E-state index contributed by atoms with van der Waals surface area (Å²) in [4.78, 5) is 2.60. The lowest BCUT2D eigenvalue weighted by molar-refractivity contribution is 0.0479. The van der Waals surface area contributed by atoms with Gasteiger partial charge in [0.2, 0.25) is 0 Å². The Bertz CT molecular complexity index is 234. The Balaban J connectivity index is 1.97. The van der Waals surface area contributed by atoms with Gasteiger partial charge in [0, 0.05) is 31.8 Å². The first kappa shape index (κ1) is 13.3. The summed E-state index contributed by atoms with van der Waals surface area (Å²) < 4.78 is 5.73. The lowest BCUT2D eigenvalue weighted by Gasteiger charge is -2.41. The van der Waals surface area contributed by atoms with Gasteiger partial charge in [0.25, 0.3) is 0 Å². The van der Waals surface area contributed by atoms with Crippen molar-refractivity contribution in [1.29, 1.82) is 0 Å². The molecule has 0 bridgehead atoms. The maximum absolute atomic E-state index is 6.34. The minimum absolute atomic E-state index is 0.367. The number of ether oxygens (including phenoxy) is 1. The van der Waals surface area contributed by atoms with Crippen molar-refractivity contribution >= 4 is 0 Å². The van der Waals surface area contributed by atoms with Crippen LogP contribution in [0.3, 0.4) is 0 Å². The van der Waals surface area contributed by atoms with Crippen LogP contribution >= 0.6 is 0 Å². The van der Waals surface area contributed by atoms with Crippen LogP contribution < -0.4 is 5.73 Å². The van der Waals surface area contributed by atoms with Gasteiger partial charge in [-0.3, -0.25) is 4.90 Å². The zero-order valence-corrected chi connectivity index (χ0v) is 11.4. The molecule has 1 saturated carbocycles. The molecule has 17 heavy (non-hydrogen) atoms. The first-order chi connectivity index (χ1) is 8.20. The van der Waals surface area contributed by atoms with E-state index in [4.69, 9.17) is 10.5 Å². The van der Waals surface area contributed by atoms with E-state index in [1.165, 1.54) is 32.2 Å². The summed E-state index contributed by atoms with van der Waals surface area (Å²) in [6, 6.07) is 0.973. The lowest BCUT2D eigenvalue weighted by Crippen LogP contribution is -2.52. The molecule has 0 amide bonds. The van der Waals surface area contributed by atoms with Gasteiger partial charge in [0.1, 0.15) is 0 Å². The molecular formula is C14H28N2O. The standard InChI is InChI=1S/C14H28N2O/c1-3-12-5-6-13(15)14(9-12)16-7-4-8-17-11(2)10-16/h11-14H,3-10,15H2,1-2H3. The largest absolute Gasteiger partial charge is 0.377 e. The van der Waals surface area contributed by atoms with E-state index in [1.807, 2.05) is 0 Å². The minimum Gasteiger partial charge on any atom is -0.377 e. The van der Waals surface area contributed by atoms with Crippen molar-refractivity contribution in [2.45, 2.75) is 64.1 Å². The fourth-order valence-electron chi connectivity index (χ4n) is 3.37. The van der Waals surface area contributed by atoms with Crippen molar-refractivity contribution in [3.63, 3.8) is 0 Å². The monoisotopic (exact) mass is 240 g/mol. The van der Waals surface area contributed by atoms with E-state index < -0.39 is 0 Å². The molecule has 2 rings (SSSR count). The Morgan fingerprint density at radius 2 is 2.18 bits per heavy atom. The Morgan fingerprint density at radius 1 is 1.35 bits per heavy atom. The van der Waals surface area contributed by atoms with Crippen LogP contribution in [-0.4, -0.2) is 42.8 Å². The van der Waals surface area contributed by atoms with E-state index in [0.29, 0.717) is 18.2 Å². The van der Waals surface area contributed by atoms with Crippen LogP contribution in [-0.2, 0) is 4.74 Å². The van der Waals surface area contributed by atoms with Crippen LogP contribution in [0.5, 0.6) is 0 Å². The molecule has 3 heteroatoms. The fourth-order valence-corrected chi connectivity index (χ4v) is 3.37. The van der Waals surface area contributed by atoms with Crippen molar-refractivity contribution in [1.82, 2.24) is 4.90 Å². The molecule has 0 aromatic heterocycles. The van der Waals surface area contributed by atoms with Crippen LogP contribution in [0.2, 0.25) is 0 Å². The summed E-state index contributed by atoms with van der Waals surface area (Å²) in [6.45, 7) is 7.64. The molecule has 0 radical (unpaired) electrons. The van der Waals surface area contributed by atoms with Gasteiger partial charge in [-0.15, -0.1) is 0 Å². The molecule has 100 valence electrons. The minimum atomic E-state index is 0.367. The van der Waals surface area contributed by atoms with Crippen molar-refractivity contribution in [3.05, 3.63) is 0 Å². The van der Waals surface area contributed by atoms with Gasteiger partial charge in [-0.2, -0.15) is 0 Å². The average molecular weight is 240 g/mol. The quantitative estimate of drug-likeness (QED) is 0.802. The maximum Gasteiger partial charge on any atom is 0.0674 e. The molecule has 4 unspecified atom stereocenters. The summed E-state index contributed by atoms with van der Waals surface area (Å²) in [7, 11) is 0. The molecule has 0 aromatic rings. The highest BCUT2D eigenvalue weighted by molar-refractivity contribution is 4.90. The molecule has 2 fully saturated rings. The van der Waals surface area contributed by atoms with Gasteiger partial charge >= 0.3 is 0 Å². The van der Waals surface area contributed by atoms with Gasteiger partial charge in [-0.25, -0.2) is 0 Å². The van der Waals surface area contributed by atoms with E-state index in [2.05, 4.69) is 18.7 Å². The first-order valence-corrected chi connectivity index (χ1v) is 7.32. The van der Waals surface area contributed by atoms with Gasteiger partial charge < -0.3 is 10.5 Å². The highest BCUT2D eigenvalue weighted by Crippen LogP contribution is 2.30. The molecule has 1 aliphatic heterocycles. The second-order valence-electron chi connectivity index (χ2n) is 5.85. The third kappa shape index (κ3) is 3.43. The SMILES string of the molecule is CCC1CCC(N)C(N2CCCOC(C)C2)C1. The van der Waals surface area contributed by atoms with Gasteiger partial charge in [-0.1, -0.05) is 13.3 Å². The van der Waals surface area contributed by atoms with Crippen molar-refractivity contribution < 1.29 is 4.74 Å². The zero-order chi connectivity index (χ0) is 12.3. The normalized spacial score (nSPS) is 41.1. The van der Waals surface area contributed by atoms with Crippen molar-refractivity contribution in [2.24, 2.45) is 11.7 Å². The molecule has 0 spiro atoms. The second-order valence-corrected chi connectivity index (χ2v) is 5.85. The predicted molar refractivity (Wildman–Crippen MR) is 71.0 cm³/mol. The molecule has 4 atom stereocenters. The Labute approximate surface area is 106 Å². The molecular weight excluding hydrogens is 212 g/mol. The Hall–Kier alpha value is -0.120. The average Bonchev–Trinajstić information content (AvgIpc) is 2.54. The van der Waals surface area contributed by atoms with E-state index in [0.717, 1.165) is 25.5 Å². The third-order valence-corrected chi connectivity index (χ3v) is 4.51. The smallest absolute Gasteiger partial charge is 0.0674 e. The van der Waals surface area contributed by atoms with Gasteiger partial charge in [0.15, 0.2) is 0 Å². The summed E-state index contributed by atoms with van der Waals surface area (Å²) >= 11 is 0. The first-order valence-electron chi connectivity index (χ1n) is 7.32. The molecule has 1 heterocycles. The Morgan fingerprint density at radius 3 is 2.94 bits per heavy atom. The summed E-state index contributed by atoms with van der Waals surface area (Å²) in [6.07, 6.45) is 6.66.